The summed E-state index contributed by atoms with van der Waals surface area (Å²) in [6.45, 7) is 15.0. The van der Waals surface area contributed by atoms with Crippen LogP contribution >= 0.6 is 0 Å². The molecule has 800 valence electrons. The monoisotopic (exact) mass is 2040 g/mol. The Morgan fingerprint density at radius 1 is 0.338 bits per heavy atom. The molecule has 0 amide bonds. The van der Waals surface area contributed by atoms with E-state index in [1.807, 2.05) is 31.7 Å². The zero-order chi connectivity index (χ0) is 103. The Labute approximate surface area is 870 Å². The number of nitrogens with one attached hydrogen (secondary N) is 4. The van der Waals surface area contributed by atoms with Crippen LogP contribution in [0.15, 0.2) is 121 Å². The zero-order valence-electron chi connectivity index (χ0n) is 86.8. The first kappa shape index (κ1) is 109. The van der Waals surface area contributed by atoms with Crippen LogP contribution < -0.4 is 21.3 Å². The molecule has 30 heteroatoms. The highest BCUT2D eigenvalue weighted by Gasteiger charge is 2.43. The molecule has 8 fully saturated rings. The summed E-state index contributed by atoms with van der Waals surface area (Å²) in [6.07, 6.45) is 38.0. The van der Waals surface area contributed by atoms with Gasteiger partial charge < -0.3 is 70.1 Å². The minimum atomic E-state index is -0.966. The molecule has 0 radical (unpaired) electrons. The molecule has 26 nitrogen and oxygen atoms in total. The average molecular weight is 2040 g/mol. The second-order valence-corrected chi connectivity index (χ2v) is 43.1. The largest absolute Gasteiger partial charge is 0.480 e. The van der Waals surface area contributed by atoms with Crippen LogP contribution in [0.5, 0.6) is 0 Å². The van der Waals surface area contributed by atoms with E-state index >= 15 is 0 Å². The molecule has 2 saturated carbocycles. The molecule has 14 heterocycles. The second-order valence-electron chi connectivity index (χ2n) is 43.1. The SMILES string of the molecule is C[C@H]1CCc2ccc(CCCCO[C@@H]3CCN([C@@H](C(=O)O)c4cc(F)ccc4[C@@H]4CCCO4)C3)nc2N1.C[C@H]1CCc2ccc(CCCCO[C@@H]3CCN([C@H](C(=O)O)c4cc(F)ccc4[C@@H]4CCCO4)C3)nc2N1.O=C(O)[C@@H](c1cc(F)ccc1C1CCCCC1)N1CC[C@@H](OCCCCc2ccc3c(n2)NCCC3)C1.O=C(O)[C@H](c1cc(F)ccc1C1CCCCC1)N1CC[C@@H](OCCCCc2ccc3c(n2)NCCC3)C1. The van der Waals surface area contributed by atoms with Gasteiger partial charge in [0.2, 0.25) is 0 Å². The molecular weight excluding hydrogens is 1890 g/mol. The number of carboxylic acids is 4. The van der Waals surface area contributed by atoms with Crippen molar-refractivity contribution in [2.24, 2.45) is 0 Å². The molecule has 10 aliphatic heterocycles. The maximum Gasteiger partial charge on any atom is 0.325 e. The van der Waals surface area contributed by atoms with Gasteiger partial charge in [0.15, 0.2) is 0 Å². The predicted molar refractivity (Wildman–Crippen MR) is 563 cm³/mol. The van der Waals surface area contributed by atoms with Crippen molar-refractivity contribution >= 4 is 47.1 Å². The molecular formula is C118H156F4N12O14. The fourth-order valence-corrected chi connectivity index (χ4v) is 24.4. The Hall–Kier alpha value is -10.1. The van der Waals surface area contributed by atoms with Gasteiger partial charge in [-0.2, -0.15) is 0 Å². The van der Waals surface area contributed by atoms with E-state index in [9.17, 15) is 57.2 Å². The number of nitrogens with zero attached hydrogens (tertiary/aromatic N) is 8. The number of hydrogen-bond donors (Lipinski definition) is 8. The van der Waals surface area contributed by atoms with Crippen molar-refractivity contribution in [3.05, 3.63) is 234 Å². The molecule has 12 atom stereocenters. The number of anilines is 4. The number of rotatable bonds is 40. The lowest BCUT2D eigenvalue weighted by atomic mass is 9.80. The Kier molecular flexibility index (Phi) is 40.0. The van der Waals surface area contributed by atoms with Crippen LogP contribution in [0.4, 0.5) is 40.8 Å². The number of aliphatic carboxylic acids is 4. The highest BCUT2D eigenvalue weighted by molar-refractivity contribution is 5.79. The topological polar surface area (TPSA) is 317 Å². The van der Waals surface area contributed by atoms with Crippen LogP contribution in [0.1, 0.15) is 344 Å². The van der Waals surface area contributed by atoms with Crippen LogP contribution in [-0.4, -0.2) is 225 Å². The lowest BCUT2D eigenvalue weighted by Crippen LogP contribution is -2.34. The normalized spacial score (nSPS) is 23.0. The summed E-state index contributed by atoms with van der Waals surface area (Å²) < 4.78 is 93.2. The van der Waals surface area contributed by atoms with Gasteiger partial charge in [-0.3, -0.25) is 38.8 Å². The van der Waals surface area contributed by atoms with Gasteiger partial charge in [0.05, 0.1) is 36.6 Å². The lowest BCUT2D eigenvalue weighted by molar-refractivity contribution is -0.144. The number of likely N-dealkylation sites (tertiary alicyclic amines) is 4. The van der Waals surface area contributed by atoms with Crippen molar-refractivity contribution in [1.29, 1.82) is 0 Å². The van der Waals surface area contributed by atoms with E-state index in [-0.39, 0.29) is 48.3 Å². The van der Waals surface area contributed by atoms with Crippen molar-refractivity contribution in [2.75, 3.05) is 126 Å². The van der Waals surface area contributed by atoms with Gasteiger partial charge in [-0.1, -0.05) is 87.1 Å². The van der Waals surface area contributed by atoms with E-state index in [0.717, 1.165) is 300 Å². The standard InChI is InChI=1S/2C30H40FN3O3.2C29H38FN3O4/c2*31-23-12-14-26(21-7-2-1-3-8-21)27(19-23)28(30(35)36)34-17-15-25(20-34)37-18-5-4-10-24-13-11-22-9-6-16-32-29(22)33-24;2*1-19-7-8-20-9-11-22(32-28(20)31-19)5-2-3-15-36-23-13-14-33(18-23)27(29(34)35)25-17-21(30)10-12-24(25)26-6-4-16-37-26/h2*11-14,19,21,25,28H,1-10,15-18,20H2,(H,32,33)(H,35,36);2*9-12,17,19,23,26-27H,2-8,13-16,18H2,1H3,(H,31,32)(H,34,35)/t25-,28+;25-,28-;19-,23+,26-,27+;19-,23+,26-,27-/m1100/s1. The van der Waals surface area contributed by atoms with Crippen LogP contribution in [0.25, 0.3) is 0 Å². The van der Waals surface area contributed by atoms with E-state index in [4.69, 9.17) is 48.4 Å². The van der Waals surface area contributed by atoms with Crippen molar-refractivity contribution in [3.63, 3.8) is 0 Å². The molecule has 148 heavy (non-hydrogen) atoms. The third-order valence-corrected chi connectivity index (χ3v) is 32.3. The number of aromatic nitrogens is 4. The summed E-state index contributed by atoms with van der Waals surface area (Å²) >= 11 is 0. The predicted octanol–water partition coefficient (Wildman–Crippen LogP) is 21.8. The van der Waals surface area contributed by atoms with E-state index in [0.29, 0.717) is 138 Å². The number of carboxylic acid groups (broad SMARTS) is 4. The molecule has 12 aliphatic rings. The molecule has 8 N–H and O–H groups in total. The van der Waals surface area contributed by atoms with Gasteiger partial charge in [0.25, 0.3) is 0 Å². The van der Waals surface area contributed by atoms with Crippen molar-refractivity contribution in [2.45, 2.75) is 343 Å². The first-order valence-corrected chi connectivity index (χ1v) is 55.8. The van der Waals surface area contributed by atoms with E-state index < -0.39 is 59.7 Å². The van der Waals surface area contributed by atoms with Gasteiger partial charge in [0, 0.05) is 140 Å². The summed E-state index contributed by atoms with van der Waals surface area (Å²) in [7, 11) is 0. The molecule has 20 rings (SSSR count). The molecule has 2 aliphatic carbocycles. The summed E-state index contributed by atoms with van der Waals surface area (Å²) in [5, 5.41) is 54.4. The van der Waals surface area contributed by atoms with Gasteiger partial charge in [-0.05, 0) is 371 Å². The molecule has 0 spiro atoms. The first-order chi connectivity index (χ1) is 72.1. The number of hydrogen-bond acceptors (Lipinski definition) is 22. The summed E-state index contributed by atoms with van der Waals surface area (Å²) in [4.78, 5) is 76.5. The molecule has 0 unspecified atom stereocenters. The highest BCUT2D eigenvalue weighted by atomic mass is 19.1. The van der Waals surface area contributed by atoms with Crippen molar-refractivity contribution in [3.8, 4) is 0 Å². The van der Waals surface area contributed by atoms with Crippen LogP contribution in [0, 0.1) is 23.3 Å². The Morgan fingerprint density at radius 3 is 0.926 bits per heavy atom. The fourth-order valence-electron chi connectivity index (χ4n) is 24.4. The van der Waals surface area contributed by atoms with Gasteiger partial charge in [0.1, 0.15) is 70.7 Å². The van der Waals surface area contributed by atoms with E-state index in [1.165, 1.54) is 96.5 Å². The van der Waals surface area contributed by atoms with Crippen molar-refractivity contribution < 1.29 is 85.6 Å². The summed E-state index contributed by atoms with van der Waals surface area (Å²) in [5.41, 5.74) is 15.6. The number of carbonyl (C=O) groups is 4. The number of ether oxygens (including phenoxy) is 6. The Bertz CT molecular complexity index is 5350. The Morgan fingerprint density at radius 2 is 0.628 bits per heavy atom. The van der Waals surface area contributed by atoms with Gasteiger partial charge >= 0.3 is 23.9 Å². The van der Waals surface area contributed by atoms with E-state index in [2.05, 4.69) is 83.6 Å². The zero-order valence-corrected chi connectivity index (χ0v) is 86.8. The van der Waals surface area contributed by atoms with Crippen LogP contribution in [-0.2, 0) is 99.0 Å². The fraction of sp³-hybridized carbons (Fsp3) is 0.593. The average Bonchev–Trinajstić information content (AvgIpc) is 1.53. The lowest BCUT2D eigenvalue weighted by Gasteiger charge is -2.30. The number of aryl methyl sites for hydroxylation is 8. The third kappa shape index (κ3) is 29.8. The smallest absolute Gasteiger partial charge is 0.325 e. The molecule has 0 bridgehead atoms. The maximum absolute atomic E-state index is 14.3. The minimum absolute atomic E-state index is 0.0135. The molecule has 4 aromatic carbocycles. The highest BCUT2D eigenvalue weighted by Crippen LogP contribution is 2.45. The number of unbranched alkanes of at least 4 members (excludes halogenated alkanes) is 4. The number of benzene rings is 4. The van der Waals surface area contributed by atoms with E-state index in [1.54, 1.807) is 12.1 Å². The van der Waals surface area contributed by atoms with Crippen LogP contribution in [0.3, 0.4) is 0 Å². The molecule has 6 saturated heterocycles. The molecule has 8 aromatic rings. The number of halogens is 4. The second kappa shape index (κ2) is 54.2. The number of fused-ring (bicyclic) bond motifs is 4. The third-order valence-electron chi connectivity index (χ3n) is 32.3. The Balaban J connectivity index is 0.000000135. The number of pyridine rings is 4. The quantitative estimate of drug-likeness (QED) is 0.0131. The minimum Gasteiger partial charge on any atom is -0.480 e. The maximum atomic E-state index is 14.3. The summed E-state index contributed by atoms with van der Waals surface area (Å²) in [6, 6.07) is 33.3. The van der Waals surface area contributed by atoms with Gasteiger partial charge in [-0.25, -0.2) is 37.5 Å². The van der Waals surface area contributed by atoms with Gasteiger partial charge in [-0.15, -0.1) is 0 Å². The van der Waals surface area contributed by atoms with Crippen molar-refractivity contribution in [1.82, 2.24) is 39.5 Å². The first-order valence-electron chi connectivity index (χ1n) is 55.8. The van der Waals surface area contributed by atoms with Crippen LogP contribution in [0.2, 0.25) is 0 Å². The summed E-state index contributed by atoms with van der Waals surface area (Å²) in [5.74, 6) is -0.517. The molecule has 4 aromatic heterocycles.